The van der Waals surface area contributed by atoms with Gasteiger partial charge in [-0.05, 0) is 55.0 Å². The Kier molecular flexibility index (Phi) is 7.46. The zero-order valence-electron chi connectivity index (χ0n) is 19.6. The van der Waals surface area contributed by atoms with Crippen LogP contribution in [0.25, 0.3) is 22.3 Å². The Balaban J connectivity index is 1.34. The normalized spacial score (nSPS) is 11.5. The summed E-state index contributed by atoms with van der Waals surface area (Å²) in [7, 11) is 1.66. The van der Waals surface area contributed by atoms with Gasteiger partial charge in [-0.3, -0.25) is 4.79 Å². The van der Waals surface area contributed by atoms with E-state index in [-0.39, 0.29) is 23.8 Å². The topological polar surface area (TPSA) is 101 Å². The molecule has 0 atom stereocenters. The molecule has 0 fully saturated rings. The van der Waals surface area contributed by atoms with Gasteiger partial charge in [0.15, 0.2) is 17.5 Å². The highest BCUT2D eigenvalue weighted by Gasteiger charge is 2.31. The highest BCUT2D eigenvalue weighted by molar-refractivity contribution is 5.83. The summed E-state index contributed by atoms with van der Waals surface area (Å²) in [4.78, 5) is 23.7. The quantitative estimate of drug-likeness (QED) is 0.220. The van der Waals surface area contributed by atoms with Crippen molar-refractivity contribution in [3.8, 4) is 22.9 Å². The van der Waals surface area contributed by atoms with Crippen molar-refractivity contribution < 1.29 is 36.9 Å². The van der Waals surface area contributed by atoms with Crippen molar-refractivity contribution in [1.29, 1.82) is 0 Å². The molecule has 12 heteroatoms. The van der Waals surface area contributed by atoms with Crippen molar-refractivity contribution in [3.63, 3.8) is 0 Å². The van der Waals surface area contributed by atoms with E-state index in [1.54, 1.807) is 24.1 Å². The highest BCUT2D eigenvalue weighted by atomic mass is 19.4. The molecule has 8 nitrogen and oxygen atoms in total. The SMILES string of the molecule is CN(CCCOc1ccc2[nH]c(CC(=O)O)cc2c1)c1nc(-c2ccc(OC(F)(F)F)cc2)ncc1F. The lowest BCUT2D eigenvalue weighted by molar-refractivity contribution is -0.274. The van der Waals surface area contributed by atoms with Gasteiger partial charge < -0.3 is 24.5 Å². The number of halogens is 4. The summed E-state index contributed by atoms with van der Waals surface area (Å²) >= 11 is 0. The molecule has 2 N–H and O–H groups in total. The first-order valence-corrected chi connectivity index (χ1v) is 11.1. The van der Waals surface area contributed by atoms with Gasteiger partial charge in [-0.25, -0.2) is 14.4 Å². The summed E-state index contributed by atoms with van der Waals surface area (Å²) in [5.41, 5.74) is 1.80. The van der Waals surface area contributed by atoms with Crippen LogP contribution in [0.5, 0.6) is 11.5 Å². The minimum absolute atomic E-state index is 0.0420. The van der Waals surface area contributed by atoms with E-state index in [2.05, 4.69) is 19.7 Å². The monoisotopic (exact) mass is 518 g/mol. The van der Waals surface area contributed by atoms with Gasteiger partial charge in [-0.2, -0.15) is 0 Å². The van der Waals surface area contributed by atoms with Crippen LogP contribution in [0.1, 0.15) is 12.1 Å². The largest absolute Gasteiger partial charge is 0.573 e. The van der Waals surface area contributed by atoms with Crippen LogP contribution >= 0.6 is 0 Å². The molecule has 0 aliphatic rings. The van der Waals surface area contributed by atoms with Crippen LogP contribution in [0.3, 0.4) is 0 Å². The minimum atomic E-state index is -4.80. The number of carbonyl (C=O) groups is 1. The number of aliphatic carboxylic acids is 1. The molecule has 0 aliphatic carbocycles. The van der Waals surface area contributed by atoms with Gasteiger partial charge in [0.1, 0.15) is 11.5 Å². The molecule has 0 spiro atoms. The molecule has 4 aromatic rings. The van der Waals surface area contributed by atoms with E-state index in [1.807, 2.05) is 12.1 Å². The molecule has 4 rings (SSSR count). The molecule has 194 valence electrons. The van der Waals surface area contributed by atoms with Gasteiger partial charge in [-0.1, -0.05) is 0 Å². The Labute approximate surface area is 208 Å². The number of hydrogen-bond donors (Lipinski definition) is 2. The van der Waals surface area contributed by atoms with Crippen LogP contribution in [0.2, 0.25) is 0 Å². The Morgan fingerprint density at radius 1 is 1.11 bits per heavy atom. The smallest absolute Gasteiger partial charge is 0.494 e. The third kappa shape index (κ3) is 6.87. The molecule has 0 amide bonds. The number of carboxylic acids is 1. The van der Waals surface area contributed by atoms with Crippen molar-refractivity contribution in [2.45, 2.75) is 19.2 Å². The van der Waals surface area contributed by atoms with E-state index < -0.39 is 18.1 Å². The third-order valence-electron chi connectivity index (χ3n) is 5.33. The number of nitrogens with one attached hydrogen (secondary N) is 1. The Morgan fingerprint density at radius 3 is 2.54 bits per heavy atom. The second-order valence-electron chi connectivity index (χ2n) is 8.18. The van der Waals surface area contributed by atoms with Crippen LogP contribution in [-0.2, 0) is 11.2 Å². The molecule has 0 bridgehead atoms. The molecule has 37 heavy (non-hydrogen) atoms. The second kappa shape index (κ2) is 10.7. The number of anilines is 1. The second-order valence-corrected chi connectivity index (χ2v) is 8.18. The molecule has 0 radical (unpaired) electrons. The van der Waals surface area contributed by atoms with E-state index in [1.165, 1.54) is 12.1 Å². The Morgan fingerprint density at radius 2 is 1.84 bits per heavy atom. The molecule has 0 aliphatic heterocycles. The molecular weight excluding hydrogens is 496 g/mol. The van der Waals surface area contributed by atoms with Crippen LogP contribution in [-0.4, -0.2) is 52.6 Å². The van der Waals surface area contributed by atoms with Crippen LogP contribution in [0.4, 0.5) is 23.4 Å². The fraction of sp³-hybridized carbons (Fsp3) is 0.240. The van der Waals surface area contributed by atoms with Gasteiger partial charge in [0.05, 0.1) is 19.2 Å². The maximum atomic E-state index is 14.4. The van der Waals surface area contributed by atoms with Gasteiger partial charge in [-0.15, -0.1) is 13.2 Å². The number of alkyl halides is 3. The average Bonchev–Trinajstić information content (AvgIpc) is 3.22. The summed E-state index contributed by atoms with van der Waals surface area (Å²) in [5, 5.41) is 9.77. The molecule has 0 unspecified atom stereocenters. The zero-order chi connectivity index (χ0) is 26.6. The first-order chi connectivity index (χ1) is 17.6. The first-order valence-electron chi connectivity index (χ1n) is 11.1. The van der Waals surface area contributed by atoms with Gasteiger partial charge >= 0.3 is 12.3 Å². The lowest BCUT2D eigenvalue weighted by Gasteiger charge is -2.19. The summed E-state index contributed by atoms with van der Waals surface area (Å²) < 4.78 is 61.1. The van der Waals surface area contributed by atoms with Crippen molar-refractivity contribution in [2.75, 3.05) is 25.1 Å². The number of hydrogen-bond acceptors (Lipinski definition) is 6. The van der Waals surface area contributed by atoms with Crippen LogP contribution in [0.15, 0.2) is 54.7 Å². The van der Waals surface area contributed by atoms with E-state index in [9.17, 15) is 22.4 Å². The zero-order valence-corrected chi connectivity index (χ0v) is 19.6. The molecular formula is C25H22F4N4O4. The first kappa shape index (κ1) is 25.7. The Bertz CT molecular complexity index is 1390. The van der Waals surface area contributed by atoms with Crippen LogP contribution < -0.4 is 14.4 Å². The molecule has 0 saturated carbocycles. The number of aromatic nitrogens is 3. The maximum Gasteiger partial charge on any atom is 0.573 e. The van der Waals surface area contributed by atoms with Gasteiger partial charge in [0, 0.05) is 35.8 Å². The fourth-order valence-corrected chi connectivity index (χ4v) is 3.69. The predicted molar refractivity (Wildman–Crippen MR) is 127 cm³/mol. The highest BCUT2D eigenvalue weighted by Crippen LogP contribution is 2.27. The number of rotatable bonds is 10. The molecule has 2 aromatic heterocycles. The molecule has 2 heterocycles. The van der Waals surface area contributed by atoms with Crippen molar-refractivity contribution in [2.24, 2.45) is 0 Å². The summed E-state index contributed by atoms with van der Waals surface area (Å²) in [6.07, 6.45) is -3.35. The van der Waals surface area contributed by atoms with E-state index in [0.717, 1.165) is 29.2 Å². The summed E-state index contributed by atoms with van der Waals surface area (Å²) in [5.74, 6) is -1.14. The number of fused-ring (bicyclic) bond motifs is 1. The number of H-pyrrole nitrogens is 1. The number of carboxylic acid groups (broad SMARTS) is 1. The van der Waals surface area contributed by atoms with Crippen molar-refractivity contribution in [3.05, 3.63) is 66.2 Å². The van der Waals surface area contributed by atoms with Crippen LogP contribution in [0, 0.1) is 5.82 Å². The minimum Gasteiger partial charge on any atom is -0.494 e. The van der Waals surface area contributed by atoms with E-state index >= 15 is 0 Å². The van der Waals surface area contributed by atoms with E-state index in [0.29, 0.717) is 36.6 Å². The average molecular weight is 518 g/mol. The fourth-order valence-electron chi connectivity index (χ4n) is 3.69. The van der Waals surface area contributed by atoms with Crippen molar-refractivity contribution in [1.82, 2.24) is 15.0 Å². The number of nitrogens with zero attached hydrogens (tertiary/aromatic N) is 3. The number of benzene rings is 2. The lowest BCUT2D eigenvalue weighted by atomic mass is 10.2. The molecule has 0 saturated heterocycles. The molecule has 2 aromatic carbocycles. The van der Waals surface area contributed by atoms with E-state index in [4.69, 9.17) is 9.84 Å². The summed E-state index contributed by atoms with van der Waals surface area (Å²) in [6, 6.07) is 12.1. The lowest BCUT2D eigenvalue weighted by Crippen LogP contribution is -2.23. The van der Waals surface area contributed by atoms with Crippen molar-refractivity contribution >= 4 is 22.7 Å². The summed E-state index contributed by atoms with van der Waals surface area (Å²) in [6.45, 7) is 0.739. The van der Waals surface area contributed by atoms with Gasteiger partial charge in [0.25, 0.3) is 0 Å². The standard InChI is InChI=1S/C25H22F4N4O4/c1-33(9-2-10-36-19-7-8-21-16(12-19)11-17(31-21)13-22(34)35)24-20(26)14-30-23(32-24)15-3-5-18(6-4-15)37-25(27,28)29/h3-8,11-12,14,31H,2,9-10,13H2,1H3,(H,34,35). The maximum absolute atomic E-state index is 14.4. The predicted octanol–water partition coefficient (Wildman–Crippen LogP) is 5.20. The third-order valence-corrected chi connectivity index (χ3v) is 5.33. The van der Waals surface area contributed by atoms with Gasteiger partial charge in [0.2, 0.25) is 0 Å². The number of aromatic amines is 1. The Hall–Kier alpha value is -4.35. The number of ether oxygens (including phenoxy) is 2.